The summed E-state index contributed by atoms with van der Waals surface area (Å²) in [5, 5.41) is 53.5. The van der Waals surface area contributed by atoms with Crippen LogP contribution in [0.1, 0.15) is 78.6 Å². The van der Waals surface area contributed by atoms with Crippen LogP contribution in [0.2, 0.25) is 0 Å². The zero-order valence-corrected chi connectivity index (χ0v) is 23.3. The molecule has 13 atom stereocenters. The first-order chi connectivity index (χ1) is 17.2. The van der Waals surface area contributed by atoms with Gasteiger partial charge in [0.1, 0.15) is 0 Å². The van der Waals surface area contributed by atoms with Crippen LogP contribution in [0.3, 0.4) is 0 Å². The van der Waals surface area contributed by atoms with Crippen LogP contribution < -0.4 is 0 Å². The van der Waals surface area contributed by atoms with E-state index in [1.807, 2.05) is 0 Å². The Bertz CT molecular complexity index is 898. The summed E-state index contributed by atoms with van der Waals surface area (Å²) in [7, 11) is -4.65. The first-order valence-electron chi connectivity index (χ1n) is 14.2. The minimum atomic E-state index is -4.65. The molecule has 10 heteroatoms. The quantitative estimate of drug-likeness (QED) is 0.237. The van der Waals surface area contributed by atoms with Crippen LogP contribution in [0, 0.1) is 52.3 Å². The average Bonchev–Trinajstić information content (AvgIpc) is 3.17. The Kier molecular flexibility index (Phi) is 8.75. The second-order valence-electron chi connectivity index (χ2n) is 13.3. The van der Waals surface area contributed by atoms with E-state index in [2.05, 4.69) is 25.0 Å². The van der Waals surface area contributed by atoms with Gasteiger partial charge >= 0.3 is 10.4 Å². The van der Waals surface area contributed by atoms with E-state index in [1.165, 1.54) is 0 Å². The summed E-state index contributed by atoms with van der Waals surface area (Å²) in [5.41, 5.74) is -0.309. The molecule has 5 unspecified atom stereocenters. The highest BCUT2D eigenvalue weighted by Crippen LogP contribution is 2.68. The van der Waals surface area contributed by atoms with Gasteiger partial charge in [-0.3, -0.25) is 4.55 Å². The topological polar surface area (TPSA) is 165 Å². The van der Waals surface area contributed by atoms with Crippen molar-refractivity contribution in [3.05, 3.63) is 0 Å². The van der Waals surface area contributed by atoms with Gasteiger partial charge in [0, 0.05) is 5.92 Å². The maximum Gasteiger partial charge on any atom is 0.397 e. The zero-order valence-electron chi connectivity index (χ0n) is 22.4. The van der Waals surface area contributed by atoms with E-state index in [-0.39, 0.29) is 52.4 Å². The Morgan fingerprint density at radius 2 is 1.70 bits per heavy atom. The van der Waals surface area contributed by atoms with Crippen molar-refractivity contribution in [2.24, 2.45) is 52.3 Å². The smallest absolute Gasteiger partial charge is 0.396 e. The predicted molar refractivity (Wildman–Crippen MR) is 136 cm³/mol. The molecule has 0 aromatic rings. The predicted octanol–water partition coefficient (Wildman–Crippen LogP) is 2.15. The lowest BCUT2D eigenvalue weighted by Gasteiger charge is -2.63. The van der Waals surface area contributed by atoms with Gasteiger partial charge in [-0.1, -0.05) is 20.8 Å². The number of fused-ring (bicyclic) bond motifs is 5. The third-order valence-electron chi connectivity index (χ3n) is 11.6. The first-order valence-corrected chi connectivity index (χ1v) is 15.5. The highest BCUT2D eigenvalue weighted by atomic mass is 32.3. The molecule has 4 aliphatic carbocycles. The van der Waals surface area contributed by atoms with E-state index >= 15 is 0 Å². The number of rotatable bonds is 9. The summed E-state index contributed by atoms with van der Waals surface area (Å²) in [6.07, 6.45) is 4.54. The van der Waals surface area contributed by atoms with Gasteiger partial charge in [-0.2, -0.15) is 8.42 Å². The molecule has 4 rings (SSSR count). The molecule has 4 fully saturated rings. The first kappa shape index (κ1) is 29.6. The fourth-order valence-electron chi connectivity index (χ4n) is 9.46. The Morgan fingerprint density at radius 3 is 2.35 bits per heavy atom. The largest absolute Gasteiger partial charge is 0.397 e. The molecule has 0 aromatic heterocycles. The number of hydrogen-bond acceptors (Lipinski definition) is 8. The number of aliphatic hydroxyl groups is 5. The lowest BCUT2D eigenvalue weighted by atomic mass is 9.43. The van der Waals surface area contributed by atoms with Crippen molar-refractivity contribution < 1.29 is 42.7 Å². The molecule has 37 heavy (non-hydrogen) atoms. The van der Waals surface area contributed by atoms with Crippen LogP contribution in [0.5, 0.6) is 0 Å². The van der Waals surface area contributed by atoms with E-state index in [4.69, 9.17) is 4.55 Å². The highest BCUT2D eigenvalue weighted by molar-refractivity contribution is 7.80. The highest BCUT2D eigenvalue weighted by Gasteiger charge is 2.65. The lowest BCUT2D eigenvalue weighted by molar-refractivity contribution is -0.207. The van der Waals surface area contributed by atoms with E-state index in [1.54, 1.807) is 0 Å². The fourth-order valence-corrected chi connectivity index (χ4v) is 9.81. The van der Waals surface area contributed by atoms with Gasteiger partial charge in [0.2, 0.25) is 0 Å². The van der Waals surface area contributed by atoms with Crippen LogP contribution in [-0.2, 0) is 14.6 Å². The summed E-state index contributed by atoms with van der Waals surface area (Å²) < 4.78 is 34.9. The molecule has 0 saturated heterocycles. The Labute approximate surface area is 221 Å². The average molecular weight is 549 g/mol. The molecule has 6 N–H and O–H groups in total. The molecule has 0 bridgehead atoms. The van der Waals surface area contributed by atoms with Crippen molar-refractivity contribution in [1.82, 2.24) is 0 Å². The zero-order chi connectivity index (χ0) is 27.3. The van der Waals surface area contributed by atoms with Crippen LogP contribution >= 0.6 is 0 Å². The van der Waals surface area contributed by atoms with Gasteiger partial charge in [0.05, 0.1) is 37.6 Å². The molecule has 0 aliphatic heterocycles. The third kappa shape index (κ3) is 5.51. The van der Waals surface area contributed by atoms with Crippen molar-refractivity contribution >= 4 is 10.4 Å². The molecule has 0 aromatic carbocycles. The van der Waals surface area contributed by atoms with E-state index < -0.39 is 47.8 Å². The van der Waals surface area contributed by atoms with Gasteiger partial charge in [0.25, 0.3) is 0 Å². The molecular formula is C27H48O9S. The van der Waals surface area contributed by atoms with E-state index in [0.717, 1.165) is 38.5 Å². The standard InChI is InChI=1S/C27H48O9S/c1-15(4-7-22(30)16(13-28)14-36-37(33,34)35)19-5-6-20-25-21(12-24(32)27(19,20)3)26(2)9-8-18(29)10-17(26)11-23(25)31/h15-25,28-32H,4-14H2,1-3H3,(H,33,34,35)/t15-,16+,17?,18-,19?,20?,21?,22-,23-,24+,25?,26+,27-/m1/s1. The normalized spacial score (nSPS) is 46.4. The minimum absolute atomic E-state index is 0.0304. The van der Waals surface area contributed by atoms with Gasteiger partial charge in [-0.05, 0) is 104 Å². The summed E-state index contributed by atoms with van der Waals surface area (Å²) in [6, 6.07) is 0. The lowest BCUT2D eigenvalue weighted by Crippen LogP contribution is -2.62. The maximum atomic E-state index is 11.7. The molecule has 0 amide bonds. The van der Waals surface area contributed by atoms with Crippen LogP contribution in [-0.4, -0.2) is 76.1 Å². The molecular weight excluding hydrogens is 500 g/mol. The van der Waals surface area contributed by atoms with Crippen molar-refractivity contribution in [2.75, 3.05) is 13.2 Å². The van der Waals surface area contributed by atoms with Crippen LogP contribution in [0.15, 0.2) is 0 Å². The van der Waals surface area contributed by atoms with Crippen molar-refractivity contribution in [1.29, 1.82) is 0 Å². The summed E-state index contributed by atoms with van der Waals surface area (Å²) in [4.78, 5) is 0. The molecule has 4 saturated carbocycles. The molecule has 4 aliphatic rings. The van der Waals surface area contributed by atoms with Gasteiger partial charge in [-0.15, -0.1) is 0 Å². The second-order valence-corrected chi connectivity index (χ2v) is 14.4. The molecule has 0 radical (unpaired) electrons. The van der Waals surface area contributed by atoms with Gasteiger partial charge in [-0.25, -0.2) is 4.18 Å². The molecule has 9 nitrogen and oxygen atoms in total. The Morgan fingerprint density at radius 1 is 1.00 bits per heavy atom. The monoisotopic (exact) mass is 548 g/mol. The molecule has 0 heterocycles. The third-order valence-corrected chi connectivity index (χ3v) is 12.1. The summed E-state index contributed by atoms with van der Waals surface area (Å²) in [5.74, 6) is 0.439. The van der Waals surface area contributed by atoms with Crippen molar-refractivity contribution in [3.8, 4) is 0 Å². The second kappa shape index (κ2) is 10.9. The van der Waals surface area contributed by atoms with Crippen LogP contribution in [0.4, 0.5) is 0 Å². The Balaban J connectivity index is 1.45. The van der Waals surface area contributed by atoms with E-state index in [0.29, 0.717) is 19.3 Å². The van der Waals surface area contributed by atoms with Gasteiger partial charge < -0.3 is 25.5 Å². The number of aliphatic hydroxyl groups excluding tert-OH is 5. The minimum Gasteiger partial charge on any atom is -0.396 e. The maximum absolute atomic E-state index is 11.7. The van der Waals surface area contributed by atoms with Gasteiger partial charge in [0.15, 0.2) is 0 Å². The van der Waals surface area contributed by atoms with Crippen molar-refractivity contribution in [3.63, 3.8) is 0 Å². The van der Waals surface area contributed by atoms with E-state index in [9.17, 15) is 34.0 Å². The number of hydrogen-bond donors (Lipinski definition) is 6. The molecule has 216 valence electrons. The van der Waals surface area contributed by atoms with Crippen molar-refractivity contribution in [2.45, 2.75) is 103 Å². The SMILES string of the molecule is C[C@H](CC[C@@H](O)[C@@H](CO)COS(=O)(=O)O)C1CCC2C3C(C[C@H](O)[C@@]21C)[C@@]1(C)CC[C@@H](O)CC1C[C@H]3O. The summed E-state index contributed by atoms with van der Waals surface area (Å²) >= 11 is 0. The van der Waals surface area contributed by atoms with Crippen LogP contribution in [0.25, 0.3) is 0 Å². The summed E-state index contributed by atoms with van der Waals surface area (Å²) in [6.45, 7) is 5.67. The fraction of sp³-hybridized carbons (Fsp3) is 1.00. The Hall–Kier alpha value is -0.330. The molecule has 0 spiro atoms.